The van der Waals surface area contributed by atoms with Gasteiger partial charge < -0.3 is 13.7 Å². The average molecular weight is 378 g/mol. The van der Waals surface area contributed by atoms with Crippen molar-refractivity contribution in [2.45, 2.75) is 41.4 Å². The first-order valence-corrected chi connectivity index (χ1v) is 9.96. The second kappa shape index (κ2) is 11.5. The van der Waals surface area contributed by atoms with Crippen LogP contribution in [0.25, 0.3) is 0 Å². The molecule has 0 heterocycles. The van der Waals surface area contributed by atoms with Crippen molar-refractivity contribution in [2.75, 3.05) is 0 Å². The minimum absolute atomic E-state index is 0.0102. The number of hydrogen-bond acceptors (Lipinski definition) is 3. The van der Waals surface area contributed by atoms with Crippen molar-refractivity contribution in [3.63, 3.8) is 0 Å². The summed E-state index contributed by atoms with van der Waals surface area (Å²) in [5.74, 6) is 5.96. The van der Waals surface area contributed by atoms with Gasteiger partial charge in [-0.2, -0.15) is 0 Å². The van der Waals surface area contributed by atoms with Gasteiger partial charge in [-0.15, -0.1) is 19.3 Å². The van der Waals surface area contributed by atoms with Gasteiger partial charge in [0.1, 0.15) is 15.7 Å². The molecule has 0 fully saturated rings. The maximum atomic E-state index is 11.3. The molecule has 23 heavy (non-hydrogen) atoms. The molecular formula is C14H18O6S3. The highest BCUT2D eigenvalue weighted by Gasteiger charge is 2.29. The monoisotopic (exact) mass is 378 g/mol. The Morgan fingerprint density at radius 2 is 1.30 bits per heavy atom. The van der Waals surface area contributed by atoms with E-state index in [1.165, 1.54) is 0 Å². The molecule has 0 bridgehead atoms. The molecule has 7 atom stereocenters. The lowest BCUT2D eigenvalue weighted by molar-refractivity contribution is 0.427. The Bertz CT molecular complexity index is 583. The lowest BCUT2D eigenvalue weighted by Crippen LogP contribution is -2.29. The van der Waals surface area contributed by atoms with Gasteiger partial charge in [0, 0.05) is 0 Å². The minimum Gasteiger partial charge on any atom is -0.305 e. The molecule has 0 aromatic carbocycles. The van der Waals surface area contributed by atoms with Crippen molar-refractivity contribution < 1.29 is 26.3 Å². The molecule has 0 amide bonds. The molecule has 0 aliphatic rings. The summed E-state index contributed by atoms with van der Waals surface area (Å²) in [5.41, 5.74) is 0. The predicted molar refractivity (Wildman–Crippen MR) is 92.1 cm³/mol. The van der Waals surface area contributed by atoms with Crippen LogP contribution in [-0.2, 0) is 33.2 Å². The molecule has 0 radical (unpaired) electrons. The third-order valence-corrected chi connectivity index (χ3v) is 5.86. The van der Waals surface area contributed by atoms with E-state index in [1.807, 2.05) is 0 Å². The highest BCUT2D eigenvalue weighted by molar-refractivity contribution is 7.80. The Balaban J connectivity index is 5.01. The summed E-state index contributed by atoms with van der Waals surface area (Å²) in [7, 11) is 0. The fourth-order valence-electron chi connectivity index (χ4n) is 2.04. The topological polar surface area (TPSA) is 112 Å². The lowest BCUT2D eigenvalue weighted by atomic mass is 9.92. The Morgan fingerprint density at radius 3 is 1.65 bits per heavy atom. The summed E-state index contributed by atoms with van der Waals surface area (Å²) in [4.78, 5) is 0. The van der Waals surface area contributed by atoms with Gasteiger partial charge in [0.15, 0.2) is 33.2 Å². The van der Waals surface area contributed by atoms with Crippen LogP contribution in [0.4, 0.5) is 0 Å². The van der Waals surface area contributed by atoms with Gasteiger partial charge in [0.25, 0.3) is 0 Å². The second-order valence-corrected chi connectivity index (χ2v) is 7.96. The maximum Gasteiger partial charge on any atom is 0.168 e. The van der Waals surface area contributed by atoms with Gasteiger partial charge in [-0.3, -0.25) is 0 Å². The zero-order valence-electron chi connectivity index (χ0n) is 12.2. The van der Waals surface area contributed by atoms with Crippen molar-refractivity contribution in [3.05, 3.63) is 0 Å². The first-order valence-electron chi connectivity index (χ1n) is 6.45. The van der Waals surface area contributed by atoms with Gasteiger partial charge in [-0.05, 0) is 25.2 Å². The van der Waals surface area contributed by atoms with E-state index in [9.17, 15) is 17.2 Å². The van der Waals surface area contributed by atoms with E-state index in [0.717, 1.165) is 0 Å². The molecule has 128 valence electrons. The highest BCUT2D eigenvalue weighted by Crippen LogP contribution is 2.24. The van der Waals surface area contributed by atoms with Crippen LogP contribution < -0.4 is 0 Å². The van der Waals surface area contributed by atoms with Crippen LogP contribution in [0.2, 0.25) is 0 Å². The van der Waals surface area contributed by atoms with E-state index in [0.29, 0.717) is 6.42 Å². The molecule has 0 aromatic rings. The molecule has 0 rings (SSSR count). The predicted octanol–water partition coefficient (Wildman–Crippen LogP) is 0.834. The lowest BCUT2D eigenvalue weighted by Gasteiger charge is -2.22. The molecule has 0 aromatic heterocycles. The first kappa shape index (κ1) is 22.0. The Hall–Kier alpha value is -0.990. The van der Waals surface area contributed by atoms with Crippen LogP contribution in [-0.4, -0.2) is 42.0 Å². The van der Waals surface area contributed by atoms with E-state index in [-0.39, 0.29) is 19.3 Å². The van der Waals surface area contributed by atoms with Crippen molar-refractivity contribution in [1.82, 2.24) is 0 Å². The van der Waals surface area contributed by atoms with E-state index in [4.69, 9.17) is 28.4 Å². The normalized spacial score (nSPS) is 19.8. The molecule has 6 nitrogen and oxygen atoms in total. The average Bonchev–Trinajstić information content (AvgIpc) is 2.47. The van der Waals surface area contributed by atoms with E-state index in [2.05, 4.69) is 17.8 Å². The van der Waals surface area contributed by atoms with Gasteiger partial charge >= 0.3 is 0 Å². The van der Waals surface area contributed by atoms with E-state index in [1.54, 1.807) is 0 Å². The largest absolute Gasteiger partial charge is 0.305 e. The van der Waals surface area contributed by atoms with Gasteiger partial charge in [0.05, 0.1) is 0 Å². The number of hydrogen-bond donors (Lipinski definition) is 3. The molecule has 0 aliphatic heterocycles. The molecule has 3 N–H and O–H groups in total. The zero-order chi connectivity index (χ0) is 18.0. The van der Waals surface area contributed by atoms with Crippen LogP contribution in [0.15, 0.2) is 0 Å². The quantitative estimate of drug-likeness (QED) is 0.383. The molecule has 7 unspecified atom stereocenters. The van der Waals surface area contributed by atoms with Gasteiger partial charge in [-0.25, -0.2) is 12.6 Å². The van der Waals surface area contributed by atoms with Crippen molar-refractivity contribution in [3.8, 4) is 37.0 Å². The van der Waals surface area contributed by atoms with Crippen LogP contribution in [0.1, 0.15) is 25.7 Å². The molecular weight excluding hydrogens is 360 g/mol. The molecule has 9 heteroatoms. The highest BCUT2D eigenvalue weighted by atomic mass is 32.2. The third-order valence-electron chi connectivity index (χ3n) is 3.23. The Morgan fingerprint density at radius 1 is 0.783 bits per heavy atom. The van der Waals surface area contributed by atoms with Crippen LogP contribution in [0, 0.1) is 42.9 Å². The van der Waals surface area contributed by atoms with E-state index >= 15 is 0 Å². The standard InChI is InChI=1S/C14H18O6S3/c1-4-12(21(15)16)9-7-8-11(14(6-3)23(19)20)10-13(5-2)22(17)18/h1-3,11-14H,7-10H2,(H,15,16)(H,17,18)(H,19,20). The summed E-state index contributed by atoms with van der Waals surface area (Å²) < 4.78 is 60.8. The van der Waals surface area contributed by atoms with E-state index < -0.39 is 54.9 Å². The summed E-state index contributed by atoms with van der Waals surface area (Å²) in [6.45, 7) is 0. The summed E-state index contributed by atoms with van der Waals surface area (Å²) in [5, 5.41) is -2.93. The smallest absolute Gasteiger partial charge is 0.168 e. The fraction of sp³-hybridized carbons (Fsp3) is 0.571. The fourth-order valence-corrected chi connectivity index (χ4v) is 3.75. The number of terminal acetylenes is 3. The first-order chi connectivity index (χ1) is 10.8. The Kier molecular flexibility index (Phi) is 11.0. The van der Waals surface area contributed by atoms with Gasteiger partial charge in [0.2, 0.25) is 0 Å². The molecule has 0 spiro atoms. The third kappa shape index (κ3) is 7.90. The van der Waals surface area contributed by atoms with Crippen LogP contribution in [0.5, 0.6) is 0 Å². The molecule has 0 saturated carbocycles. The summed E-state index contributed by atoms with van der Waals surface area (Å²) >= 11 is -6.78. The van der Waals surface area contributed by atoms with Crippen molar-refractivity contribution >= 4 is 33.2 Å². The molecule has 0 saturated heterocycles. The summed E-state index contributed by atoms with van der Waals surface area (Å²) in [6.07, 6.45) is 16.4. The second-order valence-electron chi connectivity index (χ2n) is 4.65. The number of rotatable bonds is 10. The van der Waals surface area contributed by atoms with Crippen LogP contribution in [0.3, 0.4) is 0 Å². The SMILES string of the molecule is C#CC(CCCC(CC(C#C)S(=O)O)C(C#C)S(=O)O)S(=O)O. The molecule has 0 aliphatic carbocycles. The van der Waals surface area contributed by atoms with Crippen molar-refractivity contribution in [2.24, 2.45) is 5.92 Å². The minimum atomic E-state index is -2.32. The van der Waals surface area contributed by atoms with Crippen LogP contribution >= 0.6 is 0 Å². The Labute approximate surface area is 144 Å². The zero-order valence-corrected chi connectivity index (χ0v) is 14.6. The maximum absolute atomic E-state index is 11.3. The van der Waals surface area contributed by atoms with Gasteiger partial charge in [-0.1, -0.05) is 24.2 Å². The summed E-state index contributed by atoms with van der Waals surface area (Å²) in [6, 6.07) is 0. The van der Waals surface area contributed by atoms with Crippen molar-refractivity contribution in [1.29, 1.82) is 0 Å².